The summed E-state index contributed by atoms with van der Waals surface area (Å²) in [6.45, 7) is 1.69. The maximum atomic E-state index is 9.50. The Balaban J connectivity index is 3.25. The second kappa shape index (κ2) is 3.21. The number of nitrogens with two attached hydrogens (primary N) is 1. The zero-order chi connectivity index (χ0) is 5.70. The number of amides is 1. The van der Waals surface area contributed by atoms with E-state index >= 15 is 0 Å². The summed E-state index contributed by atoms with van der Waals surface area (Å²) < 4.78 is 0. The maximum Gasteiger partial charge on any atom is 0.211 e. The van der Waals surface area contributed by atoms with Crippen LogP contribution >= 0.6 is 0 Å². The molecule has 3 heteroatoms. The van der Waals surface area contributed by atoms with E-state index in [2.05, 4.69) is 5.32 Å². The first kappa shape index (κ1) is 6.01. The highest BCUT2D eigenvalue weighted by Crippen LogP contribution is 1.69. The molecule has 3 nitrogen and oxygen atoms in total. The Hall–Kier alpha value is -0.990. The van der Waals surface area contributed by atoms with Crippen LogP contribution in [-0.4, -0.2) is 6.41 Å². The summed E-state index contributed by atoms with van der Waals surface area (Å²) in [4.78, 5) is 9.50. The molecule has 40 valence electrons. The van der Waals surface area contributed by atoms with Gasteiger partial charge in [-0.25, -0.2) is 0 Å². The number of hydrogen-bond donors (Lipinski definition) is 2. The third-order valence-corrected chi connectivity index (χ3v) is 0.379. The quantitative estimate of drug-likeness (QED) is 0.462. The second-order valence-electron chi connectivity index (χ2n) is 1.17. The molecule has 0 fully saturated rings. The highest BCUT2D eigenvalue weighted by molar-refractivity contribution is 5.47. The highest BCUT2D eigenvalue weighted by atomic mass is 16.1. The minimum Gasteiger partial charge on any atom is -0.401 e. The predicted octanol–water partition coefficient (Wildman–Crippen LogP) is -0.448. The van der Waals surface area contributed by atoms with E-state index in [4.69, 9.17) is 5.73 Å². The molecule has 0 atom stereocenters. The molecule has 3 N–H and O–H groups in total. The van der Waals surface area contributed by atoms with Gasteiger partial charge in [0.05, 0.1) is 0 Å². The third kappa shape index (κ3) is 5.01. The summed E-state index contributed by atoms with van der Waals surface area (Å²) in [6.07, 6.45) is 1.99. The zero-order valence-corrected chi connectivity index (χ0v) is 4.14. The fourth-order valence-electron chi connectivity index (χ4n) is 0.165. The molecule has 0 aromatic rings. The number of nitrogens with one attached hydrogen (secondary N) is 1. The summed E-state index contributed by atoms with van der Waals surface area (Å²) in [7, 11) is 0. The average molecular weight is 100 g/mol. The van der Waals surface area contributed by atoms with Crippen molar-refractivity contribution in [2.24, 2.45) is 5.73 Å². The molecule has 0 bridgehead atoms. The van der Waals surface area contributed by atoms with Gasteiger partial charge in [0, 0.05) is 11.9 Å². The van der Waals surface area contributed by atoms with E-state index in [1.807, 2.05) is 0 Å². The Labute approximate surface area is 42.2 Å². The smallest absolute Gasteiger partial charge is 0.211 e. The Morgan fingerprint density at radius 3 is 2.57 bits per heavy atom. The number of allylic oxidation sites excluding steroid dienone is 1. The van der Waals surface area contributed by atoms with Gasteiger partial charge in [-0.3, -0.25) is 4.79 Å². The van der Waals surface area contributed by atoms with Crippen LogP contribution < -0.4 is 11.1 Å². The van der Waals surface area contributed by atoms with Crippen LogP contribution in [0.2, 0.25) is 0 Å². The molecule has 1 amide bonds. The van der Waals surface area contributed by atoms with Crippen LogP contribution in [0.5, 0.6) is 0 Å². The molecular formula is C4H8N2O. The van der Waals surface area contributed by atoms with Crippen molar-refractivity contribution in [2.45, 2.75) is 6.92 Å². The molecule has 0 radical (unpaired) electrons. The van der Waals surface area contributed by atoms with Crippen molar-refractivity contribution in [1.29, 1.82) is 0 Å². The molecule has 0 spiro atoms. The molecule has 7 heavy (non-hydrogen) atoms. The minimum atomic E-state index is 0.566. The van der Waals surface area contributed by atoms with E-state index in [9.17, 15) is 4.79 Å². The van der Waals surface area contributed by atoms with Crippen molar-refractivity contribution >= 4 is 6.41 Å². The van der Waals surface area contributed by atoms with Crippen LogP contribution in [0.1, 0.15) is 6.92 Å². The summed E-state index contributed by atoms with van der Waals surface area (Å²) in [5.41, 5.74) is 5.71. The largest absolute Gasteiger partial charge is 0.401 e. The van der Waals surface area contributed by atoms with Gasteiger partial charge in [-0.05, 0) is 6.92 Å². The van der Waals surface area contributed by atoms with E-state index in [0.29, 0.717) is 12.1 Å². The van der Waals surface area contributed by atoms with Gasteiger partial charge in [0.15, 0.2) is 0 Å². The molecular weight excluding hydrogens is 92.1 g/mol. The van der Waals surface area contributed by atoms with Crippen molar-refractivity contribution in [2.75, 3.05) is 0 Å². The van der Waals surface area contributed by atoms with Gasteiger partial charge in [0.25, 0.3) is 0 Å². The van der Waals surface area contributed by atoms with Crippen LogP contribution in [0.4, 0.5) is 0 Å². The zero-order valence-electron chi connectivity index (χ0n) is 4.14. The lowest BCUT2D eigenvalue weighted by molar-refractivity contribution is -0.108. The molecule has 0 saturated heterocycles. The maximum absolute atomic E-state index is 9.50. The number of hydrogen-bond acceptors (Lipinski definition) is 2. The first-order valence-corrected chi connectivity index (χ1v) is 1.89. The van der Waals surface area contributed by atoms with Gasteiger partial charge in [0.1, 0.15) is 0 Å². The number of carbonyl (C=O) groups excluding carboxylic acids is 1. The molecule has 0 aromatic carbocycles. The third-order valence-electron chi connectivity index (χ3n) is 0.379. The monoisotopic (exact) mass is 100 g/mol. The van der Waals surface area contributed by atoms with Crippen LogP contribution in [0.25, 0.3) is 0 Å². The van der Waals surface area contributed by atoms with Crippen molar-refractivity contribution in [1.82, 2.24) is 5.32 Å². The molecule has 0 rings (SSSR count). The standard InChI is InChI=1S/C4H8N2O/c1-4(5)2-6-3-7/h2-3H,5H2,1H3,(H,6,7)/b4-2-. The number of rotatable bonds is 2. The molecule has 0 aromatic heterocycles. The fourth-order valence-corrected chi connectivity index (χ4v) is 0.165. The Kier molecular flexibility index (Phi) is 2.76. The normalized spacial score (nSPS) is 10.7. The Bertz CT molecular complexity index is 83.7. The van der Waals surface area contributed by atoms with E-state index in [1.54, 1.807) is 6.92 Å². The molecule has 0 aliphatic carbocycles. The van der Waals surface area contributed by atoms with Gasteiger partial charge in [-0.2, -0.15) is 0 Å². The topological polar surface area (TPSA) is 55.1 Å². The lowest BCUT2D eigenvalue weighted by Crippen LogP contribution is -2.04. The molecule has 0 saturated carbocycles. The van der Waals surface area contributed by atoms with E-state index in [-0.39, 0.29) is 0 Å². The van der Waals surface area contributed by atoms with Gasteiger partial charge < -0.3 is 11.1 Å². The van der Waals surface area contributed by atoms with E-state index in [0.717, 1.165) is 0 Å². The SMILES string of the molecule is C/C(N)=C/NC=O. The van der Waals surface area contributed by atoms with Crippen molar-refractivity contribution in [3.63, 3.8) is 0 Å². The number of carbonyl (C=O) groups is 1. The Morgan fingerprint density at radius 1 is 1.86 bits per heavy atom. The Morgan fingerprint density at radius 2 is 2.43 bits per heavy atom. The van der Waals surface area contributed by atoms with E-state index < -0.39 is 0 Å². The van der Waals surface area contributed by atoms with Gasteiger partial charge in [-0.15, -0.1) is 0 Å². The average Bonchev–Trinajstić information content (AvgIpc) is 1.61. The minimum absolute atomic E-state index is 0.566. The van der Waals surface area contributed by atoms with Gasteiger partial charge in [-0.1, -0.05) is 0 Å². The highest BCUT2D eigenvalue weighted by Gasteiger charge is 1.69. The summed E-state index contributed by atoms with van der Waals surface area (Å²) >= 11 is 0. The van der Waals surface area contributed by atoms with Crippen molar-refractivity contribution in [3.05, 3.63) is 11.9 Å². The van der Waals surface area contributed by atoms with Crippen molar-refractivity contribution < 1.29 is 4.79 Å². The predicted molar refractivity (Wildman–Crippen MR) is 27.1 cm³/mol. The first-order valence-electron chi connectivity index (χ1n) is 1.89. The summed E-state index contributed by atoms with van der Waals surface area (Å²) in [6, 6.07) is 0. The van der Waals surface area contributed by atoms with Crippen LogP contribution in [-0.2, 0) is 4.79 Å². The fraction of sp³-hybridized carbons (Fsp3) is 0.250. The van der Waals surface area contributed by atoms with Gasteiger partial charge >= 0.3 is 0 Å². The van der Waals surface area contributed by atoms with Crippen LogP contribution in [0.3, 0.4) is 0 Å². The summed E-state index contributed by atoms with van der Waals surface area (Å²) in [5.74, 6) is 0. The lowest BCUT2D eigenvalue weighted by atomic mass is 10.6. The van der Waals surface area contributed by atoms with E-state index in [1.165, 1.54) is 6.20 Å². The van der Waals surface area contributed by atoms with Crippen molar-refractivity contribution in [3.8, 4) is 0 Å². The first-order chi connectivity index (χ1) is 3.27. The summed E-state index contributed by atoms with van der Waals surface area (Å²) in [5, 5.41) is 2.28. The molecule has 0 aliphatic rings. The van der Waals surface area contributed by atoms with Crippen LogP contribution in [0, 0.1) is 0 Å². The van der Waals surface area contributed by atoms with Crippen LogP contribution in [0.15, 0.2) is 11.9 Å². The van der Waals surface area contributed by atoms with Gasteiger partial charge in [0.2, 0.25) is 6.41 Å². The second-order valence-corrected chi connectivity index (χ2v) is 1.17. The molecule has 0 heterocycles. The lowest BCUT2D eigenvalue weighted by Gasteiger charge is -1.84. The molecule has 0 unspecified atom stereocenters. The molecule has 0 aliphatic heterocycles.